The maximum atomic E-state index is 11.2. The first-order valence-corrected chi connectivity index (χ1v) is 13.5. The van der Waals surface area contributed by atoms with Crippen molar-refractivity contribution in [1.82, 2.24) is 19.9 Å². The molecule has 0 spiro atoms. The summed E-state index contributed by atoms with van der Waals surface area (Å²) in [6.45, 7) is 7.69. The molecule has 2 aromatic carbocycles. The Labute approximate surface area is 228 Å². The minimum absolute atomic E-state index is 0.129. The number of unbranched alkanes of at least 4 members (excludes halogenated alkanes) is 1. The first-order chi connectivity index (χ1) is 18.9. The van der Waals surface area contributed by atoms with E-state index in [0.717, 1.165) is 66.3 Å². The highest BCUT2D eigenvalue weighted by Crippen LogP contribution is 2.34. The Hall–Kier alpha value is -4.11. The summed E-state index contributed by atoms with van der Waals surface area (Å²) in [4.78, 5) is 20.7. The second-order valence-corrected chi connectivity index (χ2v) is 9.61. The zero-order valence-corrected chi connectivity index (χ0v) is 22.4. The van der Waals surface area contributed by atoms with Crippen molar-refractivity contribution in [3.63, 3.8) is 0 Å². The topological polar surface area (TPSA) is 136 Å². The number of fused-ring (bicyclic) bond motifs is 3. The highest BCUT2D eigenvalue weighted by Gasteiger charge is 2.19. The first kappa shape index (κ1) is 27.9. The lowest BCUT2D eigenvalue weighted by Crippen LogP contribution is -2.22. The fourth-order valence-electron chi connectivity index (χ4n) is 4.67. The molecular weight excluding hydrogens is 494 g/mol. The number of nitrogen functional groups attached to an aromatic ring is 1. The molecule has 0 fully saturated rings. The van der Waals surface area contributed by atoms with E-state index in [1.807, 2.05) is 6.07 Å². The Balaban J connectivity index is 1.57. The fourth-order valence-corrected chi connectivity index (χ4v) is 4.67. The number of benzene rings is 2. The van der Waals surface area contributed by atoms with Crippen LogP contribution in [-0.2, 0) is 28.9 Å². The standard InChI is InChI=1S/C30H37N5O4/c1-3-5-12-25-34-27-28(35(25)19-21-10-6-11-24(36)29(21)38)22-18-20(13-14-23(22)33-30(27)31)9-7-16-39-17-8-15-32-26(37)4-2/h4,6,10-11,13-14,18,36,38H,2-3,5,7-9,12,15-17,19H2,1H3,(H2,31,33)(H,32,37). The number of pyridine rings is 1. The summed E-state index contributed by atoms with van der Waals surface area (Å²) in [6.07, 6.45) is 6.45. The molecule has 9 nitrogen and oxygen atoms in total. The van der Waals surface area contributed by atoms with Gasteiger partial charge >= 0.3 is 0 Å². The number of rotatable bonds is 14. The van der Waals surface area contributed by atoms with Crippen molar-refractivity contribution >= 4 is 33.7 Å². The van der Waals surface area contributed by atoms with E-state index in [9.17, 15) is 15.0 Å². The molecule has 0 saturated carbocycles. The minimum atomic E-state index is -0.172. The number of amides is 1. The molecule has 39 heavy (non-hydrogen) atoms. The Bertz CT molecular complexity index is 1460. The van der Waals surface area contributed by atoms with Crippen LogP contribution in [0.3, 0.4) is 0 Å². The molecular formula is C30H37N5O4. The van der Waals surface area contributed by atoms with E-state index in [-0.39, 0.29) is 17.4 Å². The molecule has 0 aliphatic heterocycles. The molecule has 0 radical (unpaired) electrons. The molecule has 4 aromatic rings. The molecule has 2 aromatic heterocycles. The van der Waals surface area contributed by atoms with Crippen LogP contribution < -0.4 is 11.1 Å². The van der Waals surface area contributed by atoms with Crippen molar-refractivity contribution in [3.05, 3.63) is 66.0 Å². The number of aryl methyl sites for hydroxylation is 2. The molecule has 2 heterocycles. The molecule has 0 bridgehead atoms. The number of hydrogen-bond acceptors (Lipinski definition) is 7. The third-order valence-electron chi connectivity index (χ3n) is 6.73. The van der Waals surface area contributed by atoms with E-state index < -0.39 is 0 Å². The number of para-hydroxylation sites is 1. The number of aromatic nitrogens is 3. The largest absolute Gasteiger partial charge is 0.504 e. The number of anilines is 1. The van der Waals surface area contributed by atoms with Gasteiger partial charge in [0, 0.05) is 37.1 Å². The van der Waals surface area contributed by atoms with Crippen molar-refractivity contribution < 1.29 is 19.7 Å². The second-order valence-electron chi connectivity index (χ2n) is 9.61. The summed E-state index contributed by atoms with van der Waals surface area (Å²) >= 11 is 0. The van der Waals surface area contributed by atoms with E-state index >= 15 is 0 Å². The summed E-state index contributed by atoms with van der Waals surface area (Å²) in [7, 11) is 0. The highest BCUT2D eigenvalue weighted by molar-refractivity contribution is 6.06. The van der Waals surface area contributed by atoms with Gasteiger partial charge in [-0.3, -0.25) is 4.79 Å². The maximum absolute atomic E-state index is 11.2. The van der Waals surface area contributed by atoms with Crippen molar-refractivity contribution in [3.8, 4) is 11.5 Å². The van der Waals surface area contributed by atoms with Crippen LogP contribution in [0.5, 0.6) is 11.5 Å². The molecule has 0 saturated heterocycles. The number of nitrogens with zero attached hydrogens (tertiary/aromatic N) is 3. The lowest BCUT2D eigenvalue weighted by molar-refractivity contribution is -0.116. The van der Waals surface area contributed by atoms with Crippen LogP contribution in [0.15, 0.2) is 49.1 Å². The van der Waals surface area contributed by atoms with Gasteiger partial charge in [-0.2, -0.15) is 0 Å². The third kappa shape index (κ3) is 6.67. The summed E-state index contributed by atoms with van der Waals surface area (Å²) in [5.41, 5.74) is 10.4. The molecule has 206 valence electrons. The first-order valence-electron chi connectivity index (χ1n) is 13.5. The smallest absolute Gasteiger partial charge is 0.243 e. The fraction of sp³-hybridized carbons (Fsp3) is 0.367. The van der Waals surface area contributed by atoms with E-state index in [0.29, 0.717) is 43.2 Å². The van der Waals surface area contributed by atoms with Crippen LogP contribution in [0.1, 0.15) is 49.6 Å². The van der Waals surface area contributed by atoms with Crippen LogP contribution in [0.4, 0.5) is 5.82 Å². The number of nitrogens with one attached hydrogen (secondary N) is 1. The number of hydrogen-bond donors (Lipinski definition) is 4. The molecule has 0 atom stereocenters. The van der Waals surface area contributed by atoms with Gasteiger partial charge in [-0.15, -0.1) is 0 Å². The number of imidazole rings is 1. The zero-order valence-electron chi connectivity index (χ0n) is 22.4. The van der Waals surface area contributed by atoms with Crippen molar-refractivity contribution in [2.24, 2.45) is 0 Å². The molecule has 0 aliphatic rings. The van der Waals surface area contributed by atoms with Crippen molar-refractivity contribution in [2.75, 3.05) is 25.5 Å². The number of nitrogens with two attached hydrogens (primary N) is 1. The van der Waals surface area contributed by atoms with Gasteiger partial charge in [-0.1, -0.05) is 38.1 Å². The molecule has 9 heteroatoms. The predicted octanol–water partition coefficient (Wildman–Crippen LogP) is 4.61. The normalized spacial score (nSPS) is 11.3. The molecule has 4 rings (SSSR count). The van der Waals surface area contributed by atoms with E-state index in [4.69, 9.17) is 15.5 Å². The zero-order chi connectivity index (χ0) is 27.8. The lowest BCUT2D eigenvalue weighted by atomic mass is 10.1. The second kappa shape index (κ2) is 13.1. The van der Waals surface area contributed by atoms with Gasteiger partial charge in [-0.05, 0) is 55.5 Å². The number of carbonyl (C=O) groups excluding carboxylic acids is 1. The van der Waals surface area contributed by atoms with Crippen LogP contribution >= 0.6 is 0 Å². The van der Waals surface area contributed by atoms with E-state index in [1.54, 1.807) is 12.1 Å². The summed E-state index contributed by atoms with van der Waals surface area (Å²) in [5.74, 6) is 0.799. The Morgan fingerprint density at radius 3 is 2.74 bits per heavy atom. The SMILES string of the molecule is C=CC(=O)NCCCOCCCc1ccc2nc(N)c3nc(CCCC)n(Cc4cccc(O)c4O)c3c2c1. The van der Waals surface area contributed by atoms with Gasteiger partial charge in [0.05, 0.1) is 17.6 Å². The van der Waals surface area contributed by atoms with Gasteiger partial charge < -0.3 is 30.6 Å². The lowest BCUT2D eigenvalue weighted by Gasteiger charge is -2.13. The summed E-state index contributed by atoms with van der Waals surface area (Å²) < 4.78 is 7.82. The van der Waals surface area contributed by atoms with Gasteiger partial charge in [0.15, 0.2) is 17.3 Å². The number of phenols is 2. The number of phenolic OH excluding ortho intramolecular Hbond substituents is 2. The average Bonchev–Trinajstić information content (AvgIpc) is 3.30. The average molecular weight is 532 g/mol. The third-order valence-corrected chi connectivity index (χ3v) is 6.73. The van der Waals surface area contributed by atoms with Gasteiger partial charge in [-0.25, -0.2) is 9.97 Å². The van der Waals surface area contributed by atoms with E-state index in [2.05, 4.69) is 40.5 Å². The Morgan fingerprint density at radius 2 is 1.95 bits per heavy atom. The van der Waals surface area contributed by atoms with Crippen LogP contribution in [0.2, 0.25) is 0 Å². The Morgan fingerprint density at radius 1 is 1.13 bits per heavy atom. The number of carbonyl (C=O) groups is 1. The molecule has 0 aliphatic carbocycles. The summed E-state index contributed by atoms with van der Waals surface area (Å²) in [6, 6.07) is 11.2. The molecule has 0 unspecified atom stereocenters. The quantitative estimate of drug-likeness (QED) is 0.106. The van der Waals surface area contributed by atoms with Gasteiger partial charge in [0.25, 0.3) is 0 Å². The highest BCUT2D eigenvalue weighted by atomic mass is 16.5. The van der Waals surface area contributed by atoms with Crippen molar-refractivity contribution in [2.45, 2.75) is 52.0 Å². The van der Waals surface area contributed by atoms with Crippen LogP contribution in [-0.4, -0.2) is 50.4 Å². The monoisotopic (exact) mass is 531 g/mol. The predicted molar refractivity (Wildman–Crippen MR) is 154 cm³/mol. The number of aromatic hydroxyl groups is 2. The van der Waals surface area contributed by atoms with Crippen LogP contribution in [0.25, 0.3) is 21.9 Å². The van der Waals surface area contributed by atoms with E-state index in [1.165, 1.54) is 12.1 Å². The molecule has 1 amide bonds. The van der Waals surface area contributed by atoms with Gasteiger partial charge in [0.1, 0.15) is 11.3 Å². The van der Waals surface area contributed by atoms with Crippen LogP contribution in [0, 0.1) is 0 Å². The van der Waals surface area contributed by atoms with Gasteiger partial charge in [0.2, 0.25) is 5.91 Å². The Kier molecular flexibility index (Phi) is 9.38. The number of ether oxygens (including phenoxy) is 1. The molecule has 5 N–H and O–H groups in total. The maximum Gasteiger partial charge on any atom is 0.243 e. The minimum Gasteiger partial charge on any atom is -0.504 e. The summed E-state index contributed by atoms with van der Waals surface area (Å²) in [5, 5.41) is 24.3. The van der Waals surface area contributed by atoms with Crippen molar-refractivity contribution in [1.29, 1.82) is 0 Å².